The Kier molecular flexibility index (Phi) is 3.51. The Morgan fingerprint density at radius 2 is 2.27 bits per heavy atom. The number of fused-ring (bicyclic) bond motifs is 1. The normalized spacial score (nSPS) is 20.3. The van der Waals surface area contributed by atoms with E-state index >= 15 is 0 Å². The molecule has 0 aromatic carbocycles. The van der Waals surface area contributed by atoms with Crippen molar-refractivity contribution < 1.29 is 18.3 Å². The van der Waals surface area contributed by atoms with Gasteiger partial charge in [-0.1, -0.05) is 0 Å². The lowest BCUT2D eigenvalue weighted by atomic mass is 10.1. The third-order valence-corrected chi connectivity index (χ3v) is 5.55. The molecule has 3 rings (SSSR count). The summed E-state index contributed by atoms with van der Waals surface area (Å²) in [5, 5.41) is 17.2. The van der Waals surface area contributed by atoms with Gasteiger partial charge in [-0.25, -0.2) is 22.9 Å². The van der Waals surface area contributed by atoms with Crippen LogP contribution in [0.3, 0.4) is 0 Å². The highest BCUT2D eigenvalue weighted by Crippen LogP contribution is 2.28. The SMILES string of the molecule is CCn1ncc2c(NC3CCS(=O)(=O)C3)c(C(=O)O)cnc21. The Morgan fingerprint density at radius 1 is 1.50 bits per heavy atom. The van der Waals surface area contributed by atoms with Gasteiger partial charge in [0, 0.05) is 18.8 Å². The number of aromatic carboxylic acids is 1. The second-order valence-corrected chi connectivity index (χ2v) is 7.52. The first-order valence-electron chi connectivity index (χ1n) is 6.96. The molecule has 1 fully saturated rings. The minimum atomic E-state index is -3.05. The molecule has 22 heavy (non-hydrogen) atoms. The van der Waals surface area contributed by atoms with Gasteiger partial charge in [-0.05, 0) is 13.3 Å². The lowest BCUT2D eigenvalue weighted by molar-refractivity contribution is 0.0697. The minimum absolute atomic E-state index is 0.0117. The molecule has 0 bridgehead atoms. The Labute approximate surface area is 127 Å². The fraction of sp³-hybridized carbons (Fsp3) is 0.462. The summed E-state index contributed by atoms with van der Waals surface area (Å²) in [6.45, 7) is 2.52. The summed E-state index contributed by atoms with van der Waals surface area (Å²) in [6.07, 6.45) is 3.31. The van der Waals surface area contributed by atoms with Gasteiger partial charge in [-0.3, -0.25) is 0 Å². The lowest BCUT2D eigenvalue weighted by Gasteiger charge is -2.15. The number of hydrogen-bond acceptors (Lipinski definition) is 6. The molecule has 2 aromatic rings. The van der Waals surface area contributed by atoms with Gasteiger partial charge in [-0.15, -0.1) is 0 Å². The molecule has 8 nitrogen and oxygen atoms in total. The molecule has 0 spiro atoms. The number of nitrogens with one attached hydrogen (secondary N) is 1. The first-order valence-corrected chi connectivity index (χ1v) is 8.78. The molecule has 1 aliphatic rings. The van der Waals surface area contributed by atoms with Crippen LogP contribution in [0.4, 0.5) is 5.69 Å². The summed E-state index contributed by atoms with van der Waals surface area (Å²) >= 11 is 0. The van der Waals surface area contributed by atoms with Crippen LogP contribution in [0.1, 0.15) is 23.7 Å². The predicted molar refractivity (Wildman–Crippen MR) is 80.8 cm³/mol. The number of carboxylic acid groups (broad SMARTS) is 1. The van der Waals surface area contributed by atoms with Gasteiger partial charge in [0.15, 0.2) is 15.5 Å². The number of rotatable bonds is 4. The average molecular weight is 324 g/mol. The van der Waals surface area contributed by atoms with Crippen molar-refractivity contribution in [3.05, 3.63) is 18.0 Å². The third kappa shape index (κ3) is 2.52. The van der Waals surface area contributed by atoms with Gasteiger partial charge in [0.1, 0.15) is 5.56 Å². The highest BCUT2D eigenvalue weighted by molar-refractivity contribution is 7.91. The Balaban J connectivity index is 2.07. The third-order valence-electron chi connectivity index (χ3n) is 3.78. The highest BCUT2D eigenvalue weighted by atomic mass is 32.2. The fourth-order valence-corrected chi connectivity index (χ4v) is 4.36. The number of sulfone groups is 1. The van der Waals surface area contributed by atoms with Crippen LogP contribution in [-0.4, -0.2) is 51.8 Å². The molecule has 1 unspecified atom stereocenters. The monoisotopic (exact) mass is 324 g/mol. The van der Waals surface area contributed by atoms with E-state index in [0.29, 0.717) is 29.7 Å². The summed E-state index contributed by atoms with van der Waals surface area (Å²) in [5.74, 6) is -0.977. The second kappa shape index (κ2) is 5.24. The molecule has 0 saturated carbocycles. The van der Waals surface area contributed by atoms with Crippen LogP contribution in [0, 0.1) is 0 Å². The zero-order chi connectivity index (χ0) is 15.9. The standard InChI is InChI=1S/C13H16N4O4S/c1-2-17-12-9(6-15-17)11(10(5-14-12)13(18)19)16-8-3-4-22(20,21)7-8/h5-6,8H,2-4,7H2,1H3,(H,14,16)(H,18,19). The van der Waals surface area contributed by atoms with E-state index in [1.54, 1.807) is 10.9 Å². The van der Waals surface area contributed by atoms with E-state index < -0.39 is 15.8 Å². The molecule has 9 heteroatoms. The molecule has 1 saturated heterocycles. The largest absolute Gasteiger partial charge is 0.478 e. The molecule has 118 valence electrons. The molecule has 1 aliphatic heterocycles. The maximum Gasteiger partial charge on any atom is 0.339 e. The maximum atomic E-state index is 11.6. The summed E-state index contributed by atoms with van der Waals surface area (Å²) in [5.41, 5.74) is 0.989. The van der Waals surface area contributed by atoms with Gasteiger partial charge in [0.25, 0.3) is 0 Å². The van der Waals surface area contributed by atoms with E-state index in [0.717, 1.165) is 0 Å². The minimum Gasteiger partial charge on any atom is -0.478 e. The van der Waals surface area contributed by atoms with Gasteiger partial charge in [0.05, 0.1) is 28.8 Å². The van der Waals surface area contributed by atoms with Crippen molar-refractivity contribution in [2.24, 2.45) is 0 Å². The number of carbonyl (C=O) groups is 1. The molecule has 0 radical (unpaired) electrons. The number of aromatic nitrogens is 3. The zero-order valence-electron chi connectivity index (χ0n) is 12.0. The van der Waals surface area contributed by atoms with Crippen molar-refractivity contribution >= 4 is 32.5 Å². The van der Waals surface area contributed by atoms with E-state index in [2.05, 4.69) is 15.4 Å². The van der Waals surface area contributed by atoms with E-state index in [1.165, 1.54) is 6.20 Å². The average Bonchev–Trinajstić information content (AvgIpc) is 3.01. The smallest absolute Gasteiger partial charge is 0.339 e. The summed E-state index contributed by atoms with van der Waals surface area (Å²) in [6, 6.07) is -0.293. The Morgan fingerprint density at radius 3 is 2.86 bits per heavy atom. The number of pyridine rings is 1. The molecule has 1 atom stereocenters. The van der Waals surface area contributed by atoms with Crippen molar-refractivity contribution in [3.63, 3.8) is 0 Å². The van der Waals surface area contributed by atoms with Gasteiger partial charge >= 0.3 is 5.97 Å². The number of carboxylic acids is 1. The maximum absolute atomic E-state index is 11.6. The van der Waals surface area contributed by atoms with Crippen LogP contribution < -0.4 is 5.32 Å². The van der Waals surface area contributed by atoms with Crippen LogP contribution >= 0.6 is 0 Å². The van der Waals surface area contributed by atoms with Crippen molar-refractivity contribution in [3.8, 4) is 0 Å². The summed E-state index contributed by atoms with van der Waals surface area (Å²) in [7, 11) is -3.05. The quantitative estimate of drug-likeness (QED) is 0.852. The van der Waals surface area contributed by atoms with Crippen molar-refractivity contribution in [1.82, 2.24) is 14.8 Å². The molecular formula is C13H16N4O4S. The Bertz CT molecular complexity index is 843. The van der Waals surface area contributed by atoms with Gasteiger partial charge < -0.3 is 10.4 Å². The molecular weight excluding hydrogens is 308 g/mol. The topological polar surface area (TPSA) is 114 Å². The molecule has 0 aliphatic carbocycles. The van der Waals surface area contributed by atoms with Crippen molar-refractivity contribution in [2.75, 3.05) is 16.8 Å². The summed E-state index contributed by atoms with van der Waals surface area (Å²) in [4.78, 5) is 15.6. The van der Waals surface area contributed by atoms with E-state index in [1.807, 2.05) is 6.92 Å². The van der Waals surface area contributed by atoms with Crippen LogP contribution in [0.2, 0.25) is 0 Å². The zero-order valence-corrected chi connectivity index (χ0v) is 12.8. The number of hydrogen-bond donors (Lipinski definition) is 2. The van der Waals surface area contributed by atoms with Crippen LogP contribution in [0.25, 0.3) is 11.0 Å². The van der Waals surface area contributed by atoms with Gasteiger partial charge in [-0.2, -0.15) is 5.10 Å². The van der Waals surface area contributed by atoms with Crippen LogP contribution in [0.15, 0.2) is 12.4 Å². The number of anilines is 1. The first kappa shape index (κ1) is 14.8. The summed E-state index contributed by atoms with van der Waals surface area (Å²) < 4.78 is 24.8. The fourth-order valence-electron chi connectivity index (χ4n) is 2.69. The lowest BCUT2D eigenvalue weighted by Crippen LogP contribution is -2.22. The van der Waals surface area contributed by atoms with E-state index in [9.17, 15) is 18.3 Å². The van der Waals surface area contributed by atoms with Crippen molar-refractivity contribution in [1.29, 1.82) is 0 Å². The highest BCUT2D eigenvalue weighted by Gasteiger charge is 2.29. The van der Waals surface area contributed by atoms with E-state index in [4.69, 9.17) is 0 Å². The molecule has 2 aromatic heterocycles. The second-order valence-electron chi connectivity index (χ2n) is 5.29. The molecule has 2 N–H and O–H groups in total. The van der Waals surface area contributed by atoms with E-state index in [-0.39, 0.29) is 23.1 Å². The number of nitrogens with zero attached hydrogens (tertiary/aromatic N) is 3. The predicted octanol–water partition coefficient (Wildman–Crippen LogP) is 0.748. The Hall–Kier alpha value is -2.16. The van der Waals surface area contributed by atoms with Crippen LogP contribution in [0.5, 0.6) is 0 Å². The van der Waals surface area contributed by atoms with Gasteiger partial charge in [0.2, 0.25) is 0 Å². The van der Waals surface area contributed by atoms with Crippen LogP contribution in [-0.2, 0) is 16.4 Å². The molecule has 3 heterocycles. The van der Waals surface area contributed by atoms with Crippen molar-refractivity contribution in [2.45, 2.75) is 25.9 Å². The molecule has 0 amide bonds. The first-order chi connectivity index (χ1) is 10.4. The number of aryl methyl sites for hydroxylation is 1.